The molecule has 2 aromatic rings. The average molecular weight is 384 g/mol. The zero-order valence-electron chi connectivity index (χ0n) is 16.4. The molecule has 3 rings (SSSR count). The Kier molecular flexibility index (Phi) is 7.70. The van der Waals surface area contributed by atoms with E-state index in [1.165, 1.54) is 5.56 Å². The number of amides is 1. The second-order valence-electron chi connectivity index (χ2n) is 6.68. The first kappa shape index (κ1) is 20.2. The van der Waals surface area contributed by atoms with Crippen LogP contribution in [0.1, 0.15) is 11.1 Å². The van der Waals surface area contributed by atoms with Gasteiger partial charge in [0.25, 0.3) is 5.91 Å². The molecule has 0 atom stereocenters. The summed E-state index contributed by atoms with van der Waals surface area (Å²) in [5.41, 5.74) is 2.43. The molecule has 0 aliphatic carbocycles. The minimum absolute atomic E-state index is 0.00499. The summed E-state index contributed by atoms with van der Waals surface area (Å²) in [4.78, 5) is 14.0. The van der Waals surface area contributed by atoms with Gasteiger partial charge in [-0.3, -0.25) is 4.79 Å². The number of hydrogen-bond donors (Lipinski definition) is 1. The summed E-state index contributed by atoms with van der Waals surface area (Å²) in [5.74, 6) is 1.19. The van der Waals surface area contributed by atoms with Crippen LogP contribution >= 0.6 is 0 Å². The van der Waals surface area contributed by atoms with E-state index in [0.717, 1.165) is 25.1 Å². The lowest BCUT2D eigenvalue weighted by atomic mass is 10.1. The highest BCUT2D eigenvalue weighted by Gasteiger charge is 2.18. The number of nitrogens with zero attached hydrogens (tertiary/aromatic N) is 1. The molecule has 1 N–H and O–H groups in total. The van der Waals surface area contributed by atoms with Gasteiger partial charge in [0, 0.05) is 19.6 Å². The quantitative estimate of drug-likeness (QED) is 0.672. The fraction of sp³-hybridized carbons (Fsp3) is 0.409. The molecule has 0 bridgehead atoms. The molecule has 6 heteroatoms. The lowest BCUT2D eigenvalue weighted by molar-refractivity contribution is -0.137. The summed E-state index contributed by atoms with van der Waals surface area (Å²) in [6, 6.07) is 16.2. The molecule has 0 spiro atoms. The molecule has 28 heavy (non-hydrogen) atoms. The number of rotatable bonds is 9. The minimum atomic E-state index is -0.0305. The summed E-state index contributed by atoms with van der Waals surface area (Å²) >= 11 is 0. The van der Waals surface area contributed by atoms with E-state index < -0.39 is 0 Å². The standard InChI is InChI=1S/C22H28N2O4/c1-26-21-15-19(16-23-10-9-18-5-3-2-4-6-18)7-8-20(21)28-17-22(25)24-11-13-27-14-12-24/h2-8,15,23H,9-14,16-17H2,1H3. The Morgan fingerprint density at radius 3 is 2.61 bits per heavy atom. The smallest absolute Gasteiger partial charge is 0.260 e. The first-order valence-corrected chi connectivity index (χ1v) is 9.66. The van der Waals surface area contributed by atoms with Crippen molar-refractivity contribution in [3.63, 3.8) is 0 Å². The van der Waals surface area contributed by atoms with Crippen LogP contribution in [-0.2, 0) is 22.5 Å². The number of carbonyl (C=O) groups is 1. The van der Waals surface area contributed by atoms with E-state index >= 15 is 0 Å². The van der Waals surface area contributed by atoms with Gasteiger partial charge < -0.3 is 24.4 Å². The predicted molar refractivity (Wildman–Crippen MR) is 108 cm³/mol. The summed E-state index contributed by atoms with van der Waals surface area (Å²) in [5, 5.41) is 3.45. The average Bonchev–Trinajstić information content (AvgIpc) is 2.76. The second kappa shape index (κ2) is 10.7. The number of morpholine rings is 1. The number of methoxy groups -OCH3 is 1. The Bertz CT molecular complexity index is 745. The van der Waals surface area contributed by atoms with Gasteiger partial charge in [-0.1, -0.05) is 36.4 Å². The van der Waals surface area contributed by atoms with Crippen molar-refractivity contribution in [3.05, 3.63) is 59.7 Å². The molecule has 1 amide bonds. The Balaban J connectivity index is 1.46. The Morgan fingerprint density at radius 1 is 1.07 bits per heavy atom. The zero-order chi connectivity index (χ0) is 19.6. The van der Waals surface area contributed by atoms with Crippen LogP contribution in [0, 0.1) is 0 Å². The second-order valence-corrected chi connectivity index (χ2v) is 6.68. The molecule has 150 valence electrons. The molecule has 0 saturated carbocycles. The molecule has 2 aromatic carbocycles. The van der Waals surface area contributed by atoms with Gasteiger partial charge in [-0.2, -0.15) is 0 Å². The summed E-state index contributed by atoms with van der Waals surface area (Å²) in [6.07, 6.45) is 0.989. The monoisotopic (exact) mass is 384 g/mol. The predicted octanol–water partition coefficient (Wildman–Crippen LogP) is 2.27. The maximum atomic E-state index is 12.2. The molecule has 1 fully saturated rings. The van der Waals surface area contributed by atoms with Gasteiger partial charge >= 0.3 is 0 Å². The highest BCUT2D eigenvalue weighted by molar-refractivity contribution is 5.78. The summed E-state index contributed by atoms with van der Waals surface area (Å²) in [7, 11) is 1.61. The number of nitrogens with one attached hydrogen (secondary N) is 1. The normalized spacial score (nSPS) is 14.0. The van der Waals surface area contributed by atoms with Crippen LogP contribution in [0.4, 0.5) is 0 Å². The Morgan fingerprint density at radius 2 is 1.86 bits per heavy atom. The van der Waals surface area contributed by atoms with E-state index in [1.54, 1.807) is 12.0 Å². The van der Waals surface area contributed by atoms with Gasteiger partial charge in [0.2, 0.25) is 0 Å². The van der Waals surface area contributed by atoms with Crippen LogP contribution in [-0.4, -0.2) is 57.4 Å². The van der Waals surface area contributed by atoms with Crippen LogP contribution in [0.25, 0.3) is 0 Å². The number of benzene rings is 2. The fourth-order valence-electron chi connectivity index (χ4n) is 3.09. The van der Waals surface area contributed by atoms with Crippen molar-refractivity contribution in [2.24, 2.45) is 0 Å². The maximum absolute atomic E-state index is 12.2. The van der Waals surface area contributed by atoms with E-state index in [2.05, 4.69) is 29.6 Å². The summed E-state index contributed by atoms with van der Waals surface area (Å²) in [6.45, 7) is 4.06. The molecule has 1 heterocycles. The minimum Gasteiger partial charge on any atom is -0.493 e. The maximum Gasteiger partial charge on any atom is 0.260 e. The highest BCUT2D eigenvalue weighted by atomic mass is 16.5. The third-order valence-electron chi connectivity index (χ3n) is 4.71. The van der Waals surface area contributed by atoms with Crippen LogP contribution in [0.15, 0.2) is 48.5 Å². The Hall–Kier alpha value is -2.57. The third kappa shape index (κ3) is 5.97. The van der Waals surface area contributed by atoms with Gasteiger partial charge in [-0.15, -0.1) is 0 Å². The van der Waals surface area contributed by atoms with Crippen LogP contribution < -0.4 is 14.8 Å². The van der Waals surface area contributed by atoms with Crippen LogP contribution in [0.5, 0.6) is 11.5 Å². The molecular formula is C22H28N2O4. The molecule has 1 aliphatic heterocycles. The fourth-order valence-corrected chi connectivity index (χ4v) is 3.09. The highest BCUT2D eigenvalue weighted by Crippen LogP contribution is 2.28. The van der Waals surface area contributed by atoms with Crippen molar-refractivity contribution in [1.29, 1.82) is 0 Å². The van der Waals surface area contributed by atoms with Crippen molar-refractivity contribution < 1.29 is 19.0 Å². The zero-order valence-corrected chi connectivity index (χ0v) is 16.4. The van der Waals surface area contributed by atoms with E-state index in [0.29, 0.717) is 37.8 Å². The molecule has 0 unspecified atom stereocenters. The van der Waals surface area contributed by atoms with Crippen molar-refractivity contribution in [1.82, 2.24) is 10.2 Å². The van der Waals surface area contributed by atoms with Gasteiger partial charge in [0.05, 0.1) is 20.3 Å². The van der Waals surface area contributed by atoms with Crippen LogP contribution in [0.3, 0.4) is 0 Å². The van der Waals surface area contributed by atoms with E-state index in [1.807, 2.05) is 24.3 Å². The van der Waals surface area contributed by atoms with Crippen LogP contribution in [0.2, 0.25) is 0 Å². The van der Waals surface area contributed by atoms with E-state index in [4.69, 9.17) is 14.2 Å². The molecule has 1 aliphatic rings. The third-order valence-corrected chi connectivity index (χ3v) is 4.71. The lowest BCUT2D eigenvalue weighted by Gasteiger charge is -2.26. The first-order chi connectivity index (χ1) is 13.8. The lowest BCUT2D eigenvalue weighted by Crippen LogP contribution is -2.43. The topological polar surface area (TPSA) is 60.0 Å². The van der Waals surface area contributed by atoms with Gasteiger partial charge in [0.1, 0.15) is 0 Å². The van der Waals surface area contributed by atoms with Gasteiger partial charge in [-0.25, -0.2) is 0 Å². The molecule has 0 aromatic heterocycles. The van der Waals surface area contributed by atoms with Crippen molar-refractivity contribution in [2.75, 3.05) is 46.6 Å². The van der Waals surface area contributed by atoms with Crippen molar-refractivity contribution in [2.45, 2.75) is 13.0 Å². The van der Waals surface area contributed by atoms with Gasteiger partial charge in [0.15, 0.2) is 18.1 Å². The van der Waals surface area contributed by atoms with Gasteiger partial charge in [-0.05, 0) is 36.2 Å². The van der Waals surface area contributed by atoms with E-state index in [9.17, 15) is 4.79 Å². The van der Waals surface area contributed by atoms with Crippen molar-refractivity contribution >= 4 is 5.91 Å². The molecular weight excluding hydrogens is 356 g/mol. The number of ether oxygens (including phenoxy) is 3. The number of hydrogen-bond acceptors (Lipinski definition) is 5. The number of carbonyl (C=O) groups excluding carboxylic acids is 1. The Labute approximate surface area is 166 Å². The molecule has 0 radical (unpaired) electrons. The van der Waals surface area contributed by atoms with E-state index in [-0.39, 0.29) is 12.5 Å². The SMILES string of the molecule is COc1cc(CNCCc2ccccc2)ccc1OCC(=O)N1CCOCC1. The van der Waals surface area contributed by atoms with Crippen molar-refractivity contribution in [3.8, 4) is 11.5 Å². The molecule has 6 nitrogen and oxygen atoms in total. The first-order valence-electron chi connectivity index (χ1n) is 9.66. The molecule has 1 saturated heterocycles. The largest absolute Gasteiger partial charge is 0.493 e. The summed E-state index contributed by atoms with van der Waals surface area (Å²) < 4.78 is 16.4.